The Bertz CT molecular complexity index is 823. The number of benzene rings is 2. The maximum absolute atomic E-state index is 12.7. The lowest BCUT2D eigenvalue weighted by atomic mass is 9.97. The molecule has 0 aliphatic heterocycles. The fourth-order valence-electron chi connectivity index (χ4n) is 2.75. The van der Waals surface area contributed by atoms with Gasteiger partial charge in [0.1, 0.15) is 5.75 Å². The normalized spacial score (nSPS) is 11.6. The molecule has 2 aromatic rings. The van der Waals surface area contributed by atoms with Gasteiger partial charge in [0.2, 0.25) is 0 Å². The van der Waals surface area contributed by atoms with Crippen molar-refractivity contribution in [2.75, 3.05) is 12.4 Å². The Kier molecular flexibility index (Phi) is 7.17. The molecule has 0 saturated heterocycles. The highest BCUT2D eigenvalue weighted by Gasteiger charge is 2.17. The van der Waals surface area contributed by atoms with E-state index in [0.717, 1.165) is 22.1 Å². The number of hydrogen-bond donors (Lipinski definition) is 2. The Morgan fingerprint density at radius 2 is 2.00 bits per heavy atom. The number of amides is 1. The van der Waals surface area contributed by atoms with E-state index in [-0.39, 0.29) is 11.0 Å². The summed E-state index contributed by atoms with van der Waals surface area (Å²) in [5.41, 5.74) is 3.37. The topological polar surface area (TPSA) is 50.4 Å². The molecule has 0 unspecified atom stereocenters. The highest BCUT2D eigenvalue weighted by Crippen LogP contribution is 2.28. The van der Waals surface area contributed by atoms with Gasteiger partial charge in [-0.1, -0.05) is 48.0 Å². The third-order valence-corrected chi connectivity index (χ3v) is 4.93. The van der Waals surface area contributed by atoms with Gasteiger partial charge in [0.15, 0.2) is 5.11 Å². The molecule has 0 bridgehead atoms. The van der Waals surface area contributed by atoms with E-state index in [4.69, 9.17) is 17.0 Å². The predicted octanol–water partition coefficient (Wildman–Crippen LogP) is 5.41. The Morgan fingerprint density at radius 3 is 2.65 bits per heavy atom. The smallest absolute Gasteiger partial charge is 0.261 e. The Labute approximate surface area is 168 Å². The summed E-state index contributed by atoms with van der Waals surface area (Å²) >= 11 is 8.76. The number of halogens is 1. The van der Waals surface area contributed by atoms with Gasteiger partial charge in [0, 0.05) is 10.2 Å². The number of aryl methyl sites for hydroxylation is 1. The zero-order valence-electron chi connectivity index (χ0n) is 15.4. The number of ether oxygens (including phenoxy) is 1. The lowest BCUT2D eigenvalue weighted by Gasteiger charge is -2.18. The summed E-state index contributed by atoms with van der Waals surface area (Å²) in [6, 6.07) is 11.6. The summed E-state index contributed by atoms with van der Waals surface area (Å²) in [6.45, 7) is 6.19. The molecule has 0 aromatic heterocycles. The number of carbonyl (C=O) groups is 1. The van der Waals surface area contributed by atoms with Crippen molar-refractivity contribution in [1.29, 1.82) is 0 Å². The number of rotatable bonds is 5. The molecular formula is C20H23BrN2O2S. The second-order valence-electron chi connectivity index (χ2n) is 6.11. The van der Waals surface area contributed by atoms with Gasteiger partial charge in [-0.15, -0.1) is 0 Å². The first-order chi connectivity index (χ1) is 12.4. The Morgan fingerprint density at radius 1 is 1.31 bits per heavy atom. The van der Waals surface area contributed by atoms with Gasteiger partial charge >= 0.3 is 0 Å². The molecule has 2 rings (SSSR count). The quantitative estimate of drug-likeness (QED) is 0.617. The minimum atomic E-state index is -0.315. The van der Waals surface area contributed by atoms with Gasteiger partial charge in [0.25, 0.3) is 5.91 Å². The molecule has 0 radical (unpaired) electrons. The molecule has 2 N–H and O–H groups in total. The van der Waals surface area contributed by atoms with Crippen LogP contribution < -0.4 is 15.4 Å². The maximum atomic E-state index is 12.7. The summed E-state index contributed by atoms with van der Waals surface area (Å²) in [6.07, 6.45) is 1.02. The monoisotopic (exact) mass is 434 g/mol. The molecule has 2 aromatic carbocycles. The molecule has 0 spiro atoms. The average molecular weight is 435 g/mol. The number of methoxy groups -OCH3 is 1. The van der Waals surface area contributed by atoms with Gasteiger partial charge in [0.05, 0.1) is 12.7 Å². The van der Waals surface area contributed by atoms with Crippen molar-refractivity contribution in [1.82, 2.24) is 5.32 Å². The van der Waals surface area contributed by atoms with Crippen molar-refractivity contribution in [3.63, 3.8) is 0 Å². The first-order valence-electron chi connectivity index (χ1n) is 8.42. The summed E-state index contributed by atoms with van der Waals surface area (Å²) in [5.74, 6) is 0.614. The van der Waals surface area contributed by atoms with Gasteiger partial charge in [-0.25, -0.2) is 0 Å². The highest BCUT2D eigenvalue weighted by atomic mass is 79.9. The van der Waals surface area contributed by atoms with Crippen molar-refractivity contribution in [3.05, 3.63) is 57.6 Å². The summed E-state index contributed by atoms with van der Waals surface area (Å²) < 4.78 is 6.18. The Balaban J connectivity index is 2.18. The molecule has 0 fully saturated rings. The average Bonchev–Trinajstić information content (AvgIpc) is 2.60. The molecule has 26 heavy (non-hydrogen) atoms. The largest absolute Gasteiger partial charge is 0.496 e. The number of hydrogen-bond acceptors (Lipinski definition) is 3. The molecule has 0 saturated carbocycles. The van der Waals surface area contributed by atoms with Crippen LogP contribution in [0.25, 0.3) is 0 Å². The molecule has 1 atom stereocenters. The number of thiocarbonyl (C=S) groups is 1. The van der Waals surface area contributed by atoms with Crippen LogP contribution in [0.4, 0.5) is 5.69 Å². The molecule has 138 valence electrons. The zero-order valence-corrected chi connectivity index (χ0v) is 17.8. The van der Waals surface area contributed by atoms with Crippen LogP contribution in [0, 0.1) is 6.92 Å². The molecule has 0 aliphatic rings. The molecule has 0 heterocycles. The number of carbonyl (C=O) groups excluding carboxylic acids is 1. The maximum Gasteiger partial charge on any atom is 0.261 e. The van der Waals surface area contributed by atoms with Crippen LogP contribution >= 0.6 is 28.1 Å². The van der Waals surface area contributed by atoms with Crippen LogP contribution in [0.15, 0.2) is 40.9 Å². The number of anilines is 1. The van der Waals surface area contributed by atoms with Crippen LogP contribution in [-0.2, 0) is 0 Å². The zero-order chi connectivity index (χ0) is 19.3. The first-order valence-corrected chi connectivity index (χ1v) is 9.62. The fraction of sp³-hybridized carbons (Fsp3) is 0.300. The van der Waals surface area contributed by atoms with Crippen molar-refractivity contribution in [2.24, 2.45) is 0 Å². The fourth-order valence-corrected chi connectivity index (χ4v) is 3.53. The van der Waals surface area contributed by atoms with Crippen molar-refractivity contribution >= 4 is 44.9 Å². The van der Waals surface area contributed by atoms with Crippen LogP contribution in [0.3, 0.4) is 0 Å². The number of nitrogens with one attached hydrogen (secondary N) is 2. The lowest BCUT2D eigenvalue weighted by molar-refractivity contribution is 0.0974. The molecule has 4 nitrogen and oxygen atoms in total. The SMILES string of the molecule is CC[C@@H](C)c1ccccc1NC(=S)NC(=O)c1cc(Br)cc(C)c1OC. The van der Waals surface area contributed by atoms with Crippen molar-refractivity contribution in [2.45, 2.75) is 33.1 Å². The van der Waals surface area contributed by atoms with Crippen LogP contribution in [0.1, 0.15) is 47.7 Å². The van der Waals surface area contributed by atoms with E-state index in [0.29, 0.717) is 17.2 Å². The second-order valence-corrected chi connectivity index (χ2v) is 7.43. The van der Waals surface area contributed by atoms with Gasteiger partial charge < -0.3 is 10.1 Å². The molecule has 1 amide bonds. The van der Waals surface area contributed by atoms with Gasteiger partial charge in [-0.05, 0) is 60.8 Å². The third-order valence-electron chi connectivity index (χ3n) is 4.27. The minimum absolute atomic E-state index is 0.255. The molecular weight excluding hydrogens is 412 g/mol. The van der Waals surface area contributed by atoms with E-state index >= 15 is 0 Å². The standard InChI is InChI=1S/C20H23BrN2O2S/c1-5-12(2)15-8-6-7-9-17(15)22-20(26)23-19(24)16-11-14(21)10-13(3)18(16)25-4/h6-12H,5H2,1-4H3,(H2,22,23,24,26)/t12-/m1/s1. The van der Waals surface area contributed by atoms with E-state index in [1.54, 1.807) is 13.2 Å². The predicted molar refractivity (Wildman–Crippen MR) is 114 cm³/mol. The Hall–Kier alpha value is -1.92. The van der Waals surface area contributed by atoms with Crippen LogP contribution in [0.5, 0.6) is 5.75 Å². The number of para-hydroxylation sites is 1. The first kappa shape index (κ1) is 20.4. The third kappa shape index (κ3) is 4.83. The van der Waals surface area contributed by atoms with Crippen molar-refractivity contribution < 1.29 is 9.53 Å². The van der Waals surface area contributed by atoms with E-state index in [1.165, 1.54) is 5.56 Å². The summed E-state index contributed by atoms with van der Waals surface area (Å²) in [4.78, 5) is 12.7. The second kappa shape index (κ2) is 9.14. The summed E-state index contributed by atoms with van der Waals surface area (Å²) in [5, 5.41) is 6.13. The lowest BCUT2D eigenvalue weighted by Crippen LogP contribution is -2.34. The van der Waals surface area contributed by atoms with E-state index in [1.807, 2.05) is 31.2 Å². The van der Waals surface area contributed by atoms with Crippen LogP contribution in [0.2, 0.25) is 0 Å². The van der Waals surface area contributed by atoms with Gasteiger partial charge in [-0.3, -0.25) is 10.1 Å². The van der Waals surface area contributed by atoms with E-state index < -0.39 is 0 Å². The van der Waals surface area contributed by atoms with Crippen LogP contribution in [-0.4, -0.2) is 18.1 Å². The molecule has 6 heteroatoms. The molecule has 0 aliphatic carbocycles. The van der Waals surface area contributed by atoms with Gasteiger partial charge in [-0.2, -0.15) is 0 Å². The van der Waals surface area contributed by atoms with Crippen molar-refractivity contribution in [3.8, 4) is 5.75 Å². The van der Waals surface area contributed by atoms with E-state index in [9.17, 15) is 4.79 Å². The summed E-state index contributed by atoms with van der Waals surface area (Å²) in [7, 11) is 1.55. The highest BCUT2D eigenvalue weighted by molar-refractivity contribution is 9.10. The minimum Gasteiger partial charge on any atom is -0.496 e. The van der Waals surface area contributed by atoms with E-state index in [2.05, 4.69) is 46.5 Å².